The first-order chi connectivity index (χ1) is 7.42. The summed E-state index contributed by atoms with van der Waals surface area (Å²) in [5.74, 6) is 0.918. The molecule has 0 amide bonds. The highest BCUT2D eigenvalue weighted by Crippen LogP contribution is 2.13. The fourth-order valence-electron chi connectivity index (χ4n) is 1.72. The van der Waals surface area contributed by atoms with E-state index in [4.69, 9.17) is 4.74 Å². The maximum absolute atomic E-state index is 5.69. The van der Waals surface area contributed by atoms with Crippen LogP contribution in [0.4, 0.5) is 5.82 Å². The largest absolute Gasteiger partial charge is 0.356 e. The molecule has 0 aromatic carbocycles. The van der Waals surface area contributed by atoms with Crippen LogP contribution in [0.25, 0.3) is 0 Å². The quantitative estimate of drug-likeness (QED) is 0.771. The first-order valence-electron chi connectivity index (χ1n) is 5.27. The van der Waals surface area contributed by atoms with E-state index in [0.29, 0.717) is 0 Å². The van der Waals surface area contributed by atoms with Crippen LogP contribution in [0, 0.1) is 0 Å². The van der Waals surface area contributed by atoms with E-state index in [1.807, 2.05) is 6.07 Å². The molecule has 1 aromatic heterocycles. The van der Waals surface area contributed by atoms with Crippen LogP contribution in [-0.2, 0) is 4.74 Å². The van der Waals surface area contributed by atoms with E-state index < -0.39 is 0 Å². The Hall–Kier alpha value is -1.20. The van der Waals surface area contributed by atoms with Crippen LogP contribution < -0.4 is 10.2 Å². The molecule has 1 aliphatic rings. The van der Waals surface area contributed by atoms with Crippen LogP contribution >= 0.6 is 0 Å². The van der Waals surface area contributed by atoms with Crippen molar-refractivity contribution in [3.63, 3.8) is 0 Å². The summed E-state index contributed by atoms with van der Waals surface area (Å²) in [6, 6.07) is 1.90. The highest BCUT2D eigenvalue weighted by Gasteiger charge is 2.21. The molecule has 5 heteroatoms. The maximum Gasteiger partial charge on any atom is 0.143 e. The summed E-state index contributed by atoms with van der Waals surface area (Å²) in [7, 11) is 0. The topological polar surface area (TPSA) is 50.3 Å². The minimum absolute atomic E-state index is 0.0821. The van der Waals surface area contributed by atoms with Crippen LogP contribution in [0.2, 0.25) is 0 Å². The summed E-state index contributed by atoms with van der Waals surface area (Å²) in [5, 5.41) is 3.31. The maximum atomic E-state index is 5.69. The Balaban J connectivity index is 2.09. The smallest absolute Gasteiger partial charge is 0.143 e. The van der Waals surface area contributed by atoms with E-state index >= 15 is 0 Å². The standard InChI is InChI=1S/C10H16N4O/c1-2-14(9-3-4-12-8-13-9)10-7-11-5-6-15-10/h3-4,8,10-11H,2,5-7H2,1H3. The third kappa shape index (κ3) is 2.43. The molecule has 0 radical (unpaired) electrons. The molecule has 1 fully saturated rings. The lowest BCUT2D eigenvalue weighted by Gasteiger charge is -2.34. The lowest BCUT2D eigenvalue weighted by atomic mass is 10.3. The first kappa shape index (κ1) is 10.3. The Morgan fingerprint density at radius 1 is 1.67 bits per heavy atom. The van der Waals surface area contributed by atoms with Crippen molar-refractivity contribution < 1.29 is 4.74 Å². The summed E-state index contributed by atoms with van der Waals surface area (Å²) in [6.07, 6.45) is 3.40. The number of hydrogen-bond donors (Lipinski definition) is 1. The molecule has 1 aliphatic heterocycles. The molecule has 2 rings (SSSR count). The van der Waals surface area contributed by atoms with Crippen LogP contribution in [0.1, 0.15) is 6.92 Å². The van der Waals surface area contributed by atoms with Crippen molar-refractivity contribution in [1.82, 2.24) is 15.3 Å². The van der Waals surface area contributed by atoms with Gasteiger partial charge in [0.15, 0.2) is 0 Å². The van der Waals surface area contributed by atoms with Gasteiger partial charge in [0.25, 0.3) is 0 Å². The van der Waals surface area contributed by atoms with Crippen molar-refractivity contribution in [2.24, 2.45) is 0 Å². The second kappa shape index (κ2) is 5.04. The van der Waals surface area contributed by atoms with Gasteiger partial charge in [0.2, 0.25) is 0 Å². The van der Waals surface area contributed by atoms with Gasteiger partial charge in [-0.2, -0.15) is 0 Å². The number of nitrogens with one attached hydrogen (secondary N) is 1. The molecule has 82 valence electrons. The number of ether oxygens (including phenoxy) is 1. The lowest BCUT2D eigenvalue weighted by molar-refractivity contribution is 0.0268. The van der Waals surface area contributed by atoms with Gasteiger partial charge in [-0.1, -0.05) is 0 Å². The number of likely N-dealkylation sites (N-methyl/N-ethyl adjacent to an activating group) is 1. The predicted octanol–water partition coefficient (Wildman–Crippen LogP) is 0.249. The summed E-state index contributed by atoms with van der Waals surface area (Å²) < 4.78 is 5.69. The zero-order chi connectivity index (χ0) is 10.5. The van der Waals surface area contributed by atoms with E-state index in [-0.39, 0.29) is 6.23 Å². The van der Waals surface area contributed by atoms with E-state index in [2.05, 4.69) is 27.1 Å². The fraction of sp³-hybridized carbons (Fsp3) is 0.600. The number of anilines is 1. The Kier molecular flexibility index (Phi) is 3.47. The molecule has 1 atom stereocenters. The van der Waals surface area contributed by atoms with Gasteiger partial charge in [0, 0.05) is 25.8 Å². The molecule has 5 nitrogen and oxygen atoms in total. The van der Waals surface area contributed by atoms with Crippen LogP contribution in [0.3, 0.4) is 0 Å². The molecule has 0 spiro atoms. The molecule has 1 aromatic rings. The summed E-state index contributed by atoms with van der Waals surface area (Å²) >= 11 is 0. The summed E-state index contributed by atoms with van der Waals surface area (Å²) in [6.45, 7) is 5.51. The second-order valence-electron chi connectivity index (χ2n) is 3.38. The molecule has 1 N–H and O–H groups in total. The van der Waals surface area contributed by atoms with Crippen molar-refractivity contribution >= 4 is 5.82 Å². The number of morpholine rings is 1. The minimum atomic E-state index is 0.0821. The summed E-state index contributed by atoms with van der Waals surface area (Å²) in [5.41, 5.74) is 0. The molecule has 0 saturated carbocycles. The first-order valence-corrected chi connectivity index (χ1v) is 5.27. The molecular weight excluding hydrogens is 192 g/mol. The van der Waals surface area contributed by atoms with Gasteiger partial charge in [0.05, 0.1) is 6.61 Å². The molecule has 15 heavy (non-hydrogen) atoms. The fourth-order valence-corrected chi connectivity index (χ4v) is 1.72. The van der Waals surface area contributed by atoms with Crippen molar-refractivity contribution in [3.8, 4) is 0 Å². The molecule has 0 aliphatic carbocycles. The van der Waals surface area contributed by atoms with Crippen molar-refractivity contribution in [2.75, 3.05) is 31.1 Å². The Morgan fingerprint density at radius 3 is 3.20 bits per heavy atom. The van der Waals surface area contributed by atoms with Crippen LogP contribution in [0.5, 0.6) is 0 Å². The molecule has 0 bridgehead atoms. The number of hydrogen-bond acceptors (Lipinski definition) is 5. The third-order valence-electron chi connectivity index (χ3n) is 2.46. The van der Waals surface area contributed by atoms with Crippen LogP contribution in [0.15, 0.2) is 18.6 Å². The van der Waals surface area contributed by atoms with Crippen molar-refractivity contribution in [3.05, 3.63) is 18.6 Å². The molecule has 2 heterocycles. The molecule has 1 unspecified atom stereocenters. The van der Waals surface area contributed by atoms with Gasteiger partial charge in [0.1, 0.15) is 18.4 Å². The lowest BCUT2D eigenvalue weighted by Crippen LogP contribution is -2.49. The number of rotatable bonds is 3. The average molecular weight is 208 g/mol. The third-order valence-corrected chi connectivity index (χ3v) is 2.46. The normalized spacial score (nSPS) is 21.3. The Labute approximate surface area is 89.5 Å². The van der Waals surface area contributed by atoms with Gasteiger partial charge < -0.3 is 15.0 Å². The zero-order valence-corrected chi connectivity index (χ0v) is 8.89. The SMILES string of the molecule is CCN(c1ccncn1)C1CNCCO1. The van der Waals surface area contributed by atoms with Gasteiger partial charge in [-0.25, -0.2) is 9.97 Å². The van der Waals surface area contributed by atoms with E-state index in [0.717, 1.165) is 32.1 Å². The number of nitrogens with zero attached hydrogens (tertiary/aromatic N) is 3. The van der Waals surface area contributed by atoms with E-state index in [1.54, 1.807) is 12.5 Å². The van der Waals surface area contributed by atoms with Gasteiger partial charge in [-0.15, -0.1) is 0 Å². The highest BCUT2D eigenvalue weighted by molar-refractivity contribution is 5.37. The average Bonchev–Trinajstić information content (AvgIpc) is 2.33. The molecule has 1 saturated heterocycles. The zero-order valence-electron chi connectivity index (χ0n) is 8.89. The summed E-state index contributed by atoms with van der Waals surface area (Å²) in [4.78, 5) is 10.3. The van der Waals surface area contributed by atoms with Gasteiger partial charge in [-0.05, 0) is 13.0 Å². The van der Waals surface area contributed by atoms with E-state index in [9.17, 15) is 0 Å². The Bertz CT molecular complexity index is 287. The second-order valence-corrected chi connectivity index (χ2v) is 3.38. The number of aromatic nitrogens is 2. The van der Waals surface area contributed by atoms with Gasteiger partial charge >= 0.3 is 0 Å². The van der Waals surface area contributed by atoms with E-state index in [1.165, 1.54) is 0 Å². The monoisotopic (exact) mass is 208 g/mol. The molecular formula is C10H16N4O. The highest BCUT2D eigenvalue weighted by atomic mass is 16.5. The van der Waals surface area contributed by atoms with Crippen LogP contribution in [-0.4, -0.2) is 42.4 Å². The van der Waals surface area contributed by atoms with Crippen molar-refractivity contribution in [2.45, 2.75) is 13.2 Å². The van der Waals surface area contributed by atoms with Gasteiger partial charge in [-0.3, -0.25) is 0 Å². The Morgan fingerprint density at radius 2 is 2.60 bits per heavy atom. The van der Waals surface area contributed by atoms with Crippen molar-refractivity contribution in [1.29, 1.82) is 0 Å². The predicted molar refractivity (Wildman–Crippen MR) is 57.7 cm³/mol. The minimum Gasteiger partial charge on any atom is -0.356 e.